The van der Waals surface area contributed by atoms with Gasteiger partial charge >= 0.3 is 0 Å². The molecule has 0 aliphatic carbocycles. The van der Waals surface area contributed by atoms with Crippen molar-refractivity contribution in [3.05, 3.63) is 89.5 Å². The van der Waals surface area contributed by atoms with Gasteiger partial charge in [-0.1, -0.05) is 42.5 Å². The number of fused-ring (bicyclic) bond motifs is 2. The van der Waals surface area contributed by atoms with Gasteiger partial charge in [0, 0.05) is 5.69 Å². The maximum atomic E-state index is 13.3. The van der Waals surface area contributed by atoms with Gasteiger partial charge in [-0.2, -0.15) is 0 Å². The van der Waals surface area contributed by atoms with Crippen LogP contribution in [-0.2, 0) is 0 Å². The monoisotopic (exact) mass is 407 g/mol. The number of nitrogen functional groups attached to an aromatic ring is 1. The molecule has 0 aliphatic rings. The average Bonchev–Trinajstić information content (AvgIpc) is 3.05. The number of carbonyl (C=O) groups excluding carboxylic acids is 1. The lowest BCUT2D eigenvalue weighted by Gasteiger charge is -2.13. The Kier molecular flexibility index (Phi) is 4.40. The van der Waals surface area contributed by atoms with Crippen LogP contribution in [0, 0.1) is 13.8 Å². The van der Waals surface area contributed by atoms with Crippen molar-refractivity contribution < 1.29 is 4.79 Å². The zero-order valence-corrected chi connectivity index (χ0v) is 17.3. The number of nitrogens with zero attached hydrogens (tertiary/aromatic N) is 3. The van der Waals surface area contributed by atoms with Crippen LogP contribution in [0.25, 0.3) is 27.9 Å². The Morgan fingerprint density at radius 3 is 2.29 bits per heavy atom. The van der Waals surface area contributed by atoms with E-state index in [-0.39, 0.29) is 5.91 Å². The van der Waals surface area contributed by atoms with E-state index in [1.807, 2.05) is 91.2 Å². The molecule has 2 aromatic heterocycles. The summed E-state index contributed by atoms with van der Waals surface area (Å²) in [6, 6.07) is 22.9. The highest BCUT2D eigenvalue weighted by molar-refractivity contribution is 6.16. The number of aryl methyl sites for hydroxylation is 1. The number of benzene rings is 3. The summed E-state index contributed by atoms with van der Waals surface area (Å²) in [4.78, 5) is 22.9. The molecule has 0 atom stereocenters. The van der Waals surface area contributed by atoms with Crippen LogP contribution in [0.3, 0.4) is 0 Å². The molecule has 5 aromatic rings. The first kappa shape index (κ1) is 18.8. The van der Waals surface area contributed by atoms with Gasteiger partial charge in [0.2, 0.25) is 0 Å². The van der Waals surface area contributed by atoms with Crippen LogP contribution in [0.15, 0.2) is 72.8 Å². The molecule has 152 valence electrons. The van der Waals surface area contributed by atoms with E-state index >= 15 is 0 Å². The summed E-state index contributed by atoms with van der Waals surface area (Å²) in [6.45, 7) is 4.08. The lowest BCUT2D eigenvalue weighted by atomic mass is 10.1. The van der Waals surface area contributed by atoms with Crippen molar-refractivity contribution in [1.82, 2.24) is 14.5 Å². The van der Waals surface area contributed by atoms with E-state index in [0.717, 1.165) is 22.3 Å². The van der Waals surface area contributed by atoms with Crippen LogP contribution < -0.4 is 11.1 Å². The fourth-order valence-corrected chi connectivity index (χ4v) is 3.82. The molecule has 0 radical (unpaired) electrons. The van der Waals surface area contributed by atoms with E-state index in [2.05, 4.69) is 5.32 Å². The lowest BCUT2D eigenvalue weighted by molar-refractivity contribution is 0.102. The highest BCUT2D eigenvalue weighted by atomic mass is 16.1. The number of nitrogens with one attached hydrogen (secondary N) is 1. The van der Waals surface area contributed by atoms with Crippen molar-refractivity contribution in [2.24, 2.45) is 0 Å². The van der Waals surface area contributed by atoms with Gasteiger partial charge < -0.3 is 11.1 Å². The molecule has 2 heterocycles. The Bertz CT molecular complexity index is 1450. The van der Waals surface area contributed by atoms with Crippen molar-refractivity contribution in [1.29, 1.82) is 0 Å². The predicted molar refractivity (Wildman–Crippen MR) is 125 cm³/mol. The van der Waals surface area contributed by atoms with E-state index < -0.39 is 0 Å². The van der Waals surface area contributed by atoms with Crippen molar-refractivity contribution in [2.45, 2.75) is 13.8 Å². The van der Waals surface area contributed by atoms with Gasteiger partial charge in [-0.25, -0.2) is 9.97 Å². The Morgan fingerprint density at radius 2 is 1.55 bits per heavy atom. The molecule has 3 N–H and O–H groups in total. The van der Waals surface area contributed by atoms with Gasteiger partial charge in [0.15, 0.2) is 5.65 Å². The maximum Gasteiger partial charge on any atom is 0.261 e. The Balaban J connectivity index is 1.81. The minimum atomic E-state index is -0.317. The topological polar surface area (TPSA) is 85.8 Å². The summed E-state index contributed by atoms with van der Waals surface area (Å²) >= 11 is 0. The quantitative estimate of drug-likeness (QED) is 0.439. The van der Waals surface area contributed by atoms with Gasteiger partial charge in [-0.15, -0.1) is 0 Å². The Labute approximate surface area is 179 Å². The number of anilines is 2. The number of para-hydroxylation sites is 3. The maximum absolute atomic E-state index is 13.3. The molecular weight excluding hydrogens is 386 g/mol. The average molecular weight is 407 g/mol. The first-order valence-electron chi connectivity index (χ1n) is 10.0. The summed E-state index contributed by atoms with van der Waals surface area (Å²) in [5.74, 6) is -0.00484. The van der Waals surface area contributed by atoms with E-state index in [4.69, 9.17) is 15.7 Å². The van der Waals surface area contributed by atoms with Crippen LogP contribution in [-0.4, -0.2) is 20.4 Å². The summed E-state index contributed by atoms with van der Waals surface area (Å²) in [7, 11) is 0. The smallest absolute Gasteiger partial charge is 0.261 e. The number of nitrogens with two attached hydrogens (primary N) is 1. The second-order valence-corrected chi connectivity index (χ2v) is 7.52. The van der Waals surface area contributed by atoms with Crippen LogP contribution in [0.4, 0.5) is 11.5 Å². The van der Waals surface area contributed by atoms with E-state index in [0.29, 0.717) is 33.7 Å². The molecule has 0 saturated carbocycles. The van der Waals surface area contributed by atoms with Gasteiger partial charge in [0.1, 0.15) is 16.9 Å². The molecule has 5 rings (SSSR count). The largest absolute Gasteiger partial charge is 0.384 e. The van der Waals surface area contributed by atoms with Gasteiger partial charge in [-0.3, -0.25) is 9.36 Å². The third kappa shape index (κ3) is 3.09. The third-order valence-corrected chi connectivity index (χ3v) is 5.57. The Morgan fingerprint density at radius 1 is 0.871 bits per heavy atom. The Hall–Kier alpha value is -4.19. The van der Waals surface area contributed by atoms with Gasteiger partial charge in [0.05, 0.1) is 16.7 Å². The molecular formula is C25H21N5O. The van der Waals surface area contributed by atoms with E-state index in [1.54, 1.807) is 0 Å². The highest BCUT2D eigenvalue weighted by Gasteiger charge is 2.25. The van der Waals surface area contributed by atoms with Crippen LogP contribution in [0.5, 0.6) is 0 Å². The molecule has 1 amide bonds. The number of rotatable bonds is 3. The summed E-state index contributed by atoms with van der Waals surface area (Å²) in [5.41, 5.74) is 13.2. The molecule has 0 fully saturated rings. The second kappa shape index (κ2) is 7.25. The molecule has 6 nitrogen and oxygen atoms in total. The van der Waals surface area contributed by atoms with Gasteiger partial charge in [0.25, 0.3) is 5.91 Å². The van der Waals surface area contributed by atoms with Crippen LogP contribution >= 0.6 is 0 Å². The lowest BCUT2D eigenvalue weighted by Crippen LogP contribution is -2.14. The van der Waals surface area contributed by atoms with Gasteiger partial charge in [-0.05, 0) is 55.3 Å². The van der Waals surface area contributed by atoms with Crippen molar-refractivity contribution in [3.63, 3.8) is 0 Å². The first-order chi connectivity index (χ1) is 15.0. The second-order valence-electron chi connectivity index (χ2n) is 7.52. The number of aromatic nitrogens is 3. The molecule has 0 spiro atoms. The number of hydrogen-bond donors (Lipinski definition) is 2. The molecule has 0 aliphatic heterocycles. The minimum Gasteiger partial charge on any atom is -0.384 e. The molecule has 31 heavy (non-hydrogen) atoms. The summed E-state index contributed by atoms with van der Waals surface area (Å²) < 4.78 is 1.83. The molecule has 3 aromatic carbocycles. The zero-order chi connectivity index (χ0) is 21.5. The molecule has 0 saturated heterocycles. The zero-order valence-electron chi connectivity index (χ0n) is 17.3. The van der Waals surface area contributed by atoms with Crippen LogP contribution in [0.1, 0.15) is 21.5 Å². The number of amides is 1. The van der Waals surface area contributed by atoms with E-state index in [1.165, 1.54) is 0 Å². The molecule has 6 heteroatoms. The van der Waals surface area contributed by atoms with Crippen molar-refractivity contribution >= 4 is 39.6 Å². The summed E-state index contributed by atoms with van der Waals surface area (Å²) in [5, 5.41) is 2.93. The van der Waals surface area contributed by atoms with Crippen molar-refractivity contribution in [2.75, 3.05) is 11.1 Å². The predicted octanol–water partition coefficient (Wildman–Crippen LogP) is 5.03. The number of carbonyl (C=O) groups is 1. The molecule has 0 bridgehead atoms. The van der Waals surface area contributed by atoms with Crippen molar-refractivity contribution in [3.8, 4) is 5.69 Å². The first-order valence-corrected chi connectivity index (χ1v) is 10.0. The third-order valence-electron chi connectivity index (χ3n) is 5.57. The van der Waals surface area contributed by atoms with Crippen LogP contribution in [0.2, 0.25) is 0 Å². The summed E-state index contributed by atoms with van der Waals surface area (Å²) in [6.07, 6.45) is 0. The fourth-order valence-electron chi connectivity index (χ4n) is 3.82. The van der Waals surface area contributed by atoms with E-state index in [9.17, 15) is 4.79 Å². The normalized spacial score (nSPS) is 11.2. The SMILES string of the molecule is Cc1cccc(-n2c(N)c(C(=O)Nc3ccccc3)c3nc4ccccc4nc32)c1C. The highest BCUT2D eigenvalue weighted by Crippen LogP contribution is 2.33. The fraction of sp³-hybridized carbons (Fsp3) is 0.0800. The number of hydrogen-bond acceptors (Lipinski definition) is 4. The molecule has 0 unspecified atom stereocenters. The minimum absolute atomic E-state index is 0.312. The standard InChI is InChI=1S/C25H21N5O/c1-15-9-8-14-20(16(15)2)30-23(26)21(25(31)27-17-10-4-3-5-11-17)22-24(30)29-19-13-7-6-12-18(19)28-22/h3-14H,26H2,1-2H3,(H,27,31).